The van der Waals surface area contributed by atoms with Crippen LogP contribution in [0.15, 0.2) is 18.2 Å². The number of rotatable bonds is 4. The molecule has 1 atom stereocenters. The highest BCUT2D eigenvalue weighted by Crippen LogP contribution is 2.75. The summed E-state index contributed by atoms with van der Waals surface area (Å²) in [5.41, 5.74) is 0.0763. The molecule has 1 aromatic carbocycles. The molecular weight excluding hydrogens is 325 g/mol. The van der Waals surface area contributed by atoms with Crippen molar-refractivity contribution in [1.82, 2.24) is 5.32 Å². The number of carboxylic acids is 1. The molecule has 0 heterocycles. The van der Waals surface area contributed by atoms with Crippen LogP contribution in [0.5, 0.6) is 0 Å². The van der Waals surface area contributed by atoms with Gasteiger partial charge in [-0.1, -0.05) is 12.1 Å². The van der Waals surface area contributed by atoms with Crippen molar-refractivity contribution >= 4 is 12.1 Å². The Hall–Kier alpha value is -2.11. The topological polar surface area (TPSA) is 75.6 Å². The SMILES string of the molecule is Cc1cccc(F)c1C12CC(C(NC(=O)OC(C)(C)C)C(=O)O)(C1)C2. The van der Waals surface area contributed by atoms with E-state index in [1.165, 1.54) is 6.07 Å². The van der Waals surface area contributed by atoms with Crippen molar-refractivity contribution in [2.75, 3.05) is 0 Å². The maximum atomic E-state index is 14.3. The summed E-state index contributed by atoms with van der Waals surface area (Å²) in [4.78, 5) is 23.7. The lowest BCUT2D eigenvalue weighted by atomic mass is 9.31. The van der Waals surface area contributed by atoms with Crippen molar-refractivity contribution in [3.8, 4) is 0 Å². The number of hydrogen-bond acceptors (Lipinski definition) is 3. The summed E-state index contributed by atoms with van der Waals surface area (Å²) in [6.45, 7) is 7.04. The number of carbonyl (C=O) groups excluding carboxylic acids is 1. The molecule has 1 amide bonds. The number of aryl methyl sites for hydroxylation is 1. The molecule has 136 valence electrons. The van der Waals surface area contributed by atoms with Gasteiger partial charge in [0.25, 0.3) is 0 Å². The van der Waals surface area contributed by atoms with Gasteiger partial charge in [-0.3, -0.25) is 0 Å². The first-order valence-electron chi connectivity index (χ1n) is 8.46. The van der Waals surface area contributed by atoms with Crippen LogP contribution in [-0.4, -0.2) is 28.8 Å². The standard InChI is InChI=1S/C19H24FNO4/c1-11-6-5-7-12(20)13(11)18-8-19(9-18,10-18)14(15(22)23)21-16(24)25-17(2,3)4/h5-7,14H,8-10H2,1-4H3,(H,21,24)(H,22,23). The number of nitrogens with one attached hydrogen (secondary N) is 1. The summed E-state index contributed by atoms with van der Waals surface area (Å²) in [5.74, 6) is -1.32. The second kappa shape index (κ2) is 5.44. The van der Waals surface area contributed by atoms with Crippen molar-refractivity contribution in [3.63, 3.8) is 0 Å². The molecule has 25 heavy (non-hydrogen) atoms. The maximum Gasteiger partial charge on any atom is 0.408 e. The first kappa shape index (κ1) is 17.7. The Bertz CT molecular complexity index is 697. The van der Waals surface area contributed by atoms with Crippen LogP contribution < -0.4 is 5.32 Å². The molecule has 2 bridgehead atoms. The van der Waals surface area contributed by atoms with Gasteiger partial charge in [0, 0.05) is 10.8 Å². The molecule has 1 unspecified atom stereocenters. The average Bonchev–Trinajstić information content (AvgIpc) is 2.35. The van der Waals surface area contributed by atoms with Crippen molar-refractivity contribution in [2.24, 2.45) is 5.41 Å². The Kier molecular flexibility index (Phi) is 3.86. The highest BCUT2D eigenvalue weighted by molar-refractivity contribution is 5.82. The first-order valence-corrected chi connectivity index (χ1v) is 8.46. The number of halogens is 1. The number of aliphatic carboxylic acids is 1. The molecular formula is C19H24FNO4. The predicted molar refractivity (Wildman–Crippen MR) is 89.9 cm³/mol. The fraction of sp³-hybridized carbons (Fsp3) is 0.579. The summed E-state index contributed by atoms with van der Waals surface area (Å²) in [5, 5.41) is 12.1. The van der Waals surface area contributed by atoms with E-state index in [1.54, 1.807) is 26.8 Å². The van der Waals surface area contributed by atoms with E-state index in [2.05, 4.69) is 5.32 Å². The number of carbonyl (C=O) groups is 2. The lowest BCUT2D eigenvalue weighted by Crippen LogP contribution is -2.74. The minimum Gasteiger partial charge on any atom is -0.480 e. The average molecular weight is 349 g/mol. The molecule has 0 aliphatic heterocycles. The quantitative estimate of drug-likeness (QED) is 0.872. The summed E-state index contributed by atoms with van der Waals surface area (Å²) >= 11 is 0. The number of alkyl carbamates (subject to hydrolysis) is 1. The Morgan fingerprint density at radius 2 is 1.88 bits per heavy atom. The Morgan fingerprint density at radius 3 is 2.36 bits per heavy atom. The molecule has 3 aliphatic carbocycles. The number of carboxylic acid groups (broad SMARTS) is 1. The molecule has 0 radical (unpaired) electrons. The molecule has 3 aliphatic rings. The minimum atomic E-state index is -1.08. The van der Waals surface area contributed by atoms with E-state index in [0.717, 1.165) is 5.56 Å². The van der Waals surface area contributed by atoms with Gasteiger partial charge < -0.3 is 15.2 Å². The zero-order chi connectivity index (χ0) is 18.6. The van der Waals surface area contributed by atoms with Crippen LogP contribution in [0.3, 0.4) is 0 Å². The van der Waals surface area contributed by atoms with Crippen LogP contribution in [-0.2, 0) is 14.9 Å². The molecule has 5 nitrogen and oxygen atoms in total. The van der Waals surface area contributed by atoms with Gasteiger partial charge in [0.1, 0.15) is 17.5 Å². The summed E-state index contributed by atoms with van der Waals surface area (Å²) in [7, 11) is 0. The third-order valence-electron chi connectivity index (χ3n) is 5.34. The van der Waals surface area contributed by atoms with Crippen molar-refractivity contribution in [2.45, 2.75) is 64.0 Å². The van der Waals surface area contributed by atoms with Gasteiger partial charge in [-0.25, -0.2) is 14.0 Å². The Balaban J connectivity index is 1.74. The fourth-order valence-corrected chi connectivity index (χ4v) is 4.64. The normalized spacial score (nSPS) is 28.4. The van der Waals surface area contributed by atoms with E-state index in [9.17, 15) is 19.1 Å². The third kappa shape index (κ3) is 2.87. The smallest absolute Gasteiger partial charge is 0.408 e. The van der Waals surface area contributed by atoms with E-state index < -0.39 is 29.1 Å². The molecule has 1 aromatic rings. The largest absolute Gasteiger partial charge is 0.480 e. The highest BCUT2D eigenvalue weighted by atomic mass is 19.1. The fourth-order valence-electron chi connectivity index (χ4n) is 4.64. The lowest BCUT2D eigenvalue weighted by Gasteiger charge is -2.72. The molecule has 0 spiro atoms. The zero-order valence-electron chi connectivity index (χ0n) is 15.0. The van der Waals surface area contributed by atoms with Crippen LogP contribution in [0.4, 0.5) is 9.18 Å². The Morgan fingerprint density at radius 1 is 1.28 bits per heavy atom. The third-order valence-corrected chi connectivity index (χ3v) is 5.34. The molecule has 0 aromatic heterocycles. The van der Waals surface area contributed by atoms with E-state index in [0.29, 0.717) is 24.8 Å². The summed E-state index contributed by atoms with van der Waals surface area (Å²) in [6, 6.07) is 3.98. The van der Waals surface area contributed by atoms with Gasteiger partial charge in [-0.2, -0.15) is 0 Å². The zero-order valence-corrected chi connectivity index (χ0v) is 15.0. The number of ether oxygens (including phenoxy) is 1. The number of amides is 1. The number of benzene rings is 1. The minimum absolute atomic E-state index is 0.236. The van der Waals surface area contributed by atoms with E-state index in [1.807, 2.05) is 13.0 Å². The molecule has 6 heteroatoms. The van der Waals surface area contributed by atoms with Crippen LogP contribution >= 0.6 is 0 Å². The Labute approximate surface area is 146 Å². The molecule has 3 fully saturated rings. The van der Waals surface area contributed by atoms with Gasteiger partial charge in [0.15, 0.2) is 0 Å². The first-order chi connectivity index (χ1) is 11.5. The van der Waals surface area contributed by atoms with Crippen LogP contribution in [0.25, 0.3) is 0 Å². The molecule has 0 saturated heterocycles. The van der Waals surface area contributed by atoms with Gasteiger partial charge >= 0.3 is 12.1 Å². The highest BCUT2D eigenvalue weighted by Gasteiger charge is 2.73. The maximum absolute atomic E-state index is 14.3. The van der Waals surface area contributed by atoms with Crippen LogP contribution in [0.2, 0.25) is 0 Å². The van der Waals surface area contributed by atoms with E-state index >= 15 is 0 Å². The molecule has 3 saturated carbocycles. The predicted octanol–water partition coefficient (Wildman–Crippen LogP) is 3.53. The van der Waals surface area contributed by atoms with Crippen molar-refractivity contribution < 1.29 is 23.8 Å². The van der Waals surface area contributed by atoms with Gasteiger partial charge in [0.2, 0.25) is 0 Å². The van der Waals surface area contributed by atoms with Gasteiger partial charge in [-0.15, -0.1) is 0 Å². The van der Waals surface area contributed by atoms with Gasteiger partial charge in [-0.05, 0) is 64.2 Å². The van der Waals surface area contributed by atoms with Gasteiger partial charge in [0.05, 0.1) is 0 Å². The second-order valence-corrected chi connectivity index (χ2v) is 8.52. The van der Waals surface area contributed by atoms with Crippen molar-refractivity contribution in [3.05, 3.63) is 35.1 Å². The molecule has 2 N–H and O–H groups in total. The van der Waals surface area contributed by atoms with E-state index in [4.69, 9.17) is 4.74 Å². The number of hydrogen-bond donors (Lipinski definition) is 2. The van der Waals surface area contributed by atoms with Crippen molar-refractivity contribution in [1.29, 1.82) is 0 Å². The van der Waals surface area contributed by atoms with Crippen LogP contribution in [0, 0.1) is 18.2 Å². The summed E-state index contributed by atoms with van der Waals surface area (Å²) in [6.07, 6.45) is 0.957. The molecule has 4 rings (SSSR count). The summed E-state index contributed by atoms with van der Waals surface area (Å²) < 4.78 is 19.4. The monoisotopic (exact) mass is 349 g/mol. The van der Waals surface area contributed by atoms with E-state index in [-0.39, 0.29) is 11.2 Å². The lowest BCUT2D eigenvalue weighted by molar-refractivity contribution is -0.184. The van der Waals surface area contributed by atoms with Crippen LogP contribution in [0.1, 0.15) is 51.2 Å². The second-order valence-electron chi connectivity index (χ2n) is 8.52.